The molecule has 1 saturated heterocycles. The van der Waals surface area contributed by atoms with Crippen LogP contribution in [0.4, 0.5) is 5.69 Å². The lowest BCUT2D eigenvalue weighted by molar-refractivity contribution is -0.128. The Labute approximate surface area is 181 Å². The zero-order chi connectivity index (χ0) is 22.1. The summed E-state index contributed by atoms with van der Waals surface area (Å²) in [4.78, 5) is 53.7. The molecule has 0 radical (unpaired) electrons. The Morgan fingerprint density at radius 2 is 1.68 bits per heavy atom. The summed E-state index contributed by atoms with van der Waals surface area (Å²) in [5.41, 5.74) is 2.12. The van der Waals surface area contributed by atoms with E-state index in [0.29, 0.717) is 29.8 Å². The number of imide groups is 1. The summed E-state index contributed by atoms with van der Waals surface area (Å²) in [6.45, 7) is 4.85. The molecule has 1 fully saturated rings. The van der Waals surface area contributed by atoms with Crippen LogP contribution >= 0.6 is 0 Å². The second kappa shape index (κ2) is 8.34. The van der Waals surface area contributed by atoms with Crippen LogP contribution in [-0.2, 0) is 16.1 Å². The van der Waals surface area contributed by atoms with Crippen LogP contribution in [0.3, 0.4) is 0 Å². The fourth-order valence-corrected chi connectivity index (χ4v) is 4.23. The van der Waals surface area contributed by atoms with Crippen LogP contribution in [0.2, 0.25) is 0 Å². The number of benzene rings is 2. The molecule has 1 N–H and O–H groups in total. The predicted molar refractivity (Wildman–Crippen MR) is 115 cm³/mol. The van der Waals surface area contributed by atoms with Gasteiger partial charge in [0.25, 0.3) is 11.8 Å². The minimum Gasteiger partial charge on any atom is -0.338 e. The number of fused-ring (bicyclic) bond motifs is 1. The first kappa shape index (κ1) is 20.8. The third kappa shape index (κ3) is 3.95. The summed E-state index contributed by atoms with van der Waals surface area (Å²) < 4.78 is 0. The summed E-state index contributed by atoms with van der Waals surface area (Å²) in [5, 5.41) is 2.86. The van der Waals surface area contributed by atoms with Crippen molar-refractivity contribution in [2.24, 2.45) is 5.92 Å². The standard InChI is InChI=1S/C24H25N3O4/c1-15(2)21(27-23(30)18-9-3-4-10-19(18)24(27)31)22(29)25-17-8-5-7-16(13-17)14-26-12-6-11-20(26)28/h3-5,7-10,13,15,21H,6,11-12,14H2,1-2H3,(H,25,29). The maximum atomic E-state index is 13.2. The molecule has 1 atom stereocenters. The van der Waals surface area contributed by atoms with Gasteiger partial charge in [0, 0.05) is 25.2 Å². The molecule has 4 amide bonds. The number of nitrogens with one attached hydrogen (secondary N) is 1. The highest BCUT2D eigenvalue weighted by molar-refractivity contribution is 6.23. The van der Waals surface area contributed by atoms with Gasteiger partial charge in [-0.15, -0.1) is 0 Å². The molecule has 0 bridgehead atoms. The van der Waals surface area contributed by atoms with Gasteiger partial charge in [0.1, 0.15) is 6.04 Å². The molecule has 31 heavy (non-hydrogen) atoms. The lowest BCUT2D eigenvalue weighted by Crippen LogP contribution is -2.50. The van der Waals surface area contributed by atoms with Crippen molar-refractivity contribution < 1.29 is 19.2 Å². The third-order valence-corrected chi connectivity index (χ3v) is 5.74. The number of hydrogen-bond acceptors (Lipinski definition) is 4. The normalized spacial score (nSPS) is 16.8. The van der Waals surface area contributed by atoms with Crippen LogP contribution in [-0.4, -0.2) is 46.0 Å². The number of hydrogen-bond donors (Lipinski definition) is 1. The van der Waals surface area contributed by atoms with Crippen molar-refractivity contribution in [1.82, 2.24) is 9.80 Å². The minimum absolute atomic E-state index is 0.139. The van der Waals surface area contributed by atoms with Crippen LogP contribution in [0.5, 0.6) is 0 Å². The van der Waals surface area contributed by atoms with Gasteiger partial charge >= 0.3 is 0 Å². The van der Waals surface area contributed by atoms with E-state index < -0.39 is 23.8 Å². The van der Waals surface area contributed by atoms with Gasteiger partial charge in [0.2, 0.25) is 11.8 Å². The van der Waals surface area contributed by atoms with Gasteiger partial charge < -0.3 is 10.2 Å². The van der Waals surface area contributed by atoms with Crippen molar-refractivity contribution in [2.45, 2.75) is 39.3 Å². The Hall–Kier alpha value is -3.48. The van der Waals surface area contributed by atoms with E-state index in [9.17, 15) is 19.2 Å². The van der Waals surface area contributed by atoms with Gasteiger partial charge in [-0.1, -0.05) is 38.1 Å². The van der Waals surface area contributed by atoms with Crippen molar-refractivity contribution in [1.29, 1.82) is 0 Å². The molecule has 0 spiro atoms. The molecule has 0 saturated carbocycles. The van der Waals surface area contributed by atoms with E-state index in [1.165, 1.54) is 0 Å². The zero-order valence-corrected chi connectivity index (χ0v) is 17.6. The molecule has 7 heteroatoms. The van der Waals surface area contributed by atoms with E-state index in [1.54, 1.807) is 35.2 Å². The fraction of sp³-hybridized carbons (Fsp3) is 0.333. The van der Waals surface area contributed by atoms with E-state index in [-0.39, 0.29) is 11.8 Å². The highest BCUT2D eigenvalue weighted by Crippen LogP contribution is 2.28. The van der Waals surface area contributed by atoms with Crippen molar-refractivity contribution in [3.8, 4) is 0 Å². The Bertz CT molecular complexity index is 1030. The van der Waals surface area contributed by atoms with Crippen LogP contribution in [0.1, 0.15) is 53.0 Å². The lowest BCUT2D eigenvalue weighted by Gasteiger charge is -2.28. The molecular formula is C24H25N3O4. The highest BCUT2D eigenvalue weighted by atomic mass is 16.2. The molecule has 160 valence electrons. The Kier molecular flexibility index (Phi) is 5.59. The summed E-state index contributed by atoms with van der Waals surface area (Å²) in [6.07, 6.45) is 1.44. The van der Waals surface area contributed by atoms with Gasteiger partial charge in [-0.25, -0.2) is 0 Å². The lowest BCUT2D eigenvalue weighted by atomic mass is 10.0. The maximum Gasteiger partial charge on any atom is 0.262 e. The van der Waals surface area contributed by atoms with Crippen LogP contribution in [0.15, 0.2) is 48.5 Å². The molecule has 2 aliphatic heterocycles. The second-order valence-electron chi connectivity index (χ2n) is 8.32. The summed E-state index contributed by atoms with van der Waals surface area (Å²) in [5.74, 6) is -1.45. The Morgan fingerprint density at radius 1 is 1.00 bits per heavy atom. The van der Waals surface area contributed by atoms with Gasteiger partial charge in [-0.05, 0) is 42.2 Å². The quantitative estimate of drug-likeness (QED) is 0.729. The Morgan fingerprint density at radius 3 is 2.26 bits per heavy atom. The van der Waals surface area contributed by atoms with E-state index in [0.717, 1.165) is 23.4 Å². The molecule has 2 aliphatic rings. The monoisotopic (exact) mass is 419 g/mol. The smallest absolute Gasteiger partial charge is 0.262 e. The van der Waals surface area contributed by atoms with Gasteiger partial charge in [0.15, 0.2) is 0 Å². The summed E-state index contributed by atoms with van der Waals surface area (Å²) in [6, 6.07) is 13.0. The van der Waals surface area contributed by atoms with E-state index >= 15 is 0 Å². The van der Waals surface area contributed by atoms with E-state index in [2.05, 4.69) is 5.32 Å². The zero-order valence-electron chi connectivity index (χ0n) is 17.6. The number of likely N-dealkylation sites (tertiary alicyclic amines) is 1. The molecule has 2 heterocycles. The van der Waals surface area contributed by atoms with Crippen LogP contribution in [0.25, 0.3) is 0 Å². The minimum atomic E-state index is -0.934. The van der Waals surface area contributed by atoms with E-state index in [1.807, 2.05) is 32.0 Å². The van der Waals surface area contributed by atoms with E-state index in [4.69, 9.17) is 0 Å². The van der Waals surface area contributed by atoms with Crippen molar-refractivity contribution in [3.05, 3.63) is 65.2 Å². The van der Waals surface area contributed by atoms with Crippen molar-refractivity contribution in [3.63, 3.8) is 0 Å². The Balaban J connectivity index is 1.53. The summed E-state index contributed by atoms with van der Waals surface area (Å²) >= 11 is 0. The SMILES string of the molecule is CC(C)C(C(=O)Nc1cccc(CN2CCCC2=O)c1)N1C(=O)c2ccccc2C1=O. The molecule has 4 rings (SSSR count). The molecule has 2 aromatic rings. The molecule has 1 unspecified atom stereocenters. The van der Waals surface area contributed by atoms with Crippen LogP contribution < -0.4 is 5.32 Å². The highest BCUT2D eigenvalue weighted by Gasteiger charge is 2.43. The topological polar surface area (TPSA) is 86.8 Å². The predicted octanol–water partition coefficient (Wildman–Crippen LogP) is 3.07. The van der Waals surface area contributed by atoms with Crippen molar-refractivity contribution in [2.75, 3.05) is 11.9 Å². The molecule has 7 nitrogen and oxygen atoms in total. The molecule has 2 aromatic carbocycles. The fourth-order valence-electron chi connectivity index (χ4n) is 4.23. The number of rotatable bonds is 6. The average molecular weight is 419 g/mol. The van der Waals surface area contributed by atoms with Crippen molar-refractivity contribution >= 4 is 29.3 Å². The first-order valence-corrected chi connectivity index (χ1v) is 10.5. The average Bonchev–Trinajstić information content (AvgIpc) is 3.25. The van der Waals surface area contributed by atoms with Gasteiger partial charge in [-0.2, -0.15) is 0 Å². The maximum absolute atomic E-state index is 13.2. The largest absolute Gasteiger partial charge is 0.338 e. The second-order valence-corrected chi connectivity index (χ2v) is 8.32. The first-order chi connectivity index (χ1) is 14.9. The van der Waals surface area contributed by atoms with Crippen LogP contribution in [0, 0.1) is 5.92 Å². The number of carbonyl (C=O) groups is 4. The first-order valence-electron chi connectivity index (χ1n) is 10.5. The molecule has 0 aromatic heterocycles. The third-order valence-electron chi connectivity index (χ3n) is 5.74. The molecular weight excluding hydrogens is 394 g/mol. The number of carbonyl (C=O) groups excluding carboxylic acids is 4. The van der Waals surface area contributed by atoms with Gasteiger partial charge in [0.05, 0.1) is 11.1 Å². The number of amides is 4. The number of nitrogens with zero attached hydrogens (tertiary/aromatic N) is 2. The summed E-state index contributed by atoms with van der Waals surface area (Å²) in [7, 11) is 0. The molecule has 0 aliphatic carbocycles. The van der Waals surface area contributed by atoms with Gasteiger partial charge in [-0.3, -0.25) is 24.1 Å². The number of anilines is 1.